The molecule has 0 spiro atoms. The van der Waals surface area contributed by atoms with Gasteiger partial charge >= 0.3 is 0 Å². The molecular weight excluding hydrogens is 433 g/mol. The fraction of sp³-hybridized carbons (Fsp3) is 0.226. The monoisotopic (exact) mass is 467 g/mol. The molecule has 0 saturated heterocycles. The lowest BCUT2D eigenvalue weighted by Crippen LogP contribution is -2.23. The summed E-state index contributed by atoms with van der Waals surface area (Å²) in [5.41, 5.74) is 6.97. The van der Waals surface area contributed by atoms with Crippen LogP contribution in [-0.2, 0) is 12.0 Å². The summed E-state index contributed by atoms with van der Waals surface area (Å²) < 4.78 is 0. The maximum absolute atomic E-state index is 11.2. The van der Waals surface area contributed by atoms with Crippen molar-refractivity contribution < 1.29 is 5.11 Å². The van der Waals surface area contributed by atoms with E-state index in [9.17, 15) is 5.11 Å². The van der Waals surface area contributed by atoms with E-state index in [1.165, 1.54) is 22.0 Å². The number of phenolic OH excluding ortho intramolecular Hbond substituents is 1. The number of phenols is 1. The summed E-state index contributed by atoms with van der Waals surface area (Å²) in [6.07, 6.45) is 0. The molecule has 0 aliphatic rings. The lowest BCUT2D eigenvalue weighted by molar-refractivity contribution is 0.450. The average Bonchev–Trinajstić information content (AvgIpc) is 2.81. The molecule has 1 atom stereocenters. The summed E-state index contributed by atoms with van der Waals surface area (Å²) in [6.45, 7) is 11.5. The van der Waals surface area contributed by atoms with Crippen molar-refractivity contribution in [2.75, 3.05) is 4.90 Å². The number of hydrogen-bond acceptors (Lipinski definition) is 2. The second kappa shape index (κ2) is 10.0. The highest BCUT2D eigenvalue weighted by molar-refractivity contribution is 7.56. The van der Waals surface area contributed by atoms with Crippen LogP contribution in [0.4, 0.5) is 11.4 Å². The van der Waals surface area contributed by atoms with Crippen molar-refractivity contribution >= 4 is 30.6 Å². The number of hydrogen-bond donors (Lipinski definition) is 1. The molecule has 1 N–H and O–H groups in total. The summed E-state index contributed by atoms with van der Waals surface area (Å²) in [5.74, 6) is 0.439. The molecule has 1 unspecified atom stereocenters. The van der Waals surface area contributed by atoms with Crippen molar-refractivity contribution in [2.24, 2.45) is 0 Å². The first-order valence-corrected chi connectivity index (χ1v) is 12.8. The molecule has 0 saturated carbocycles. The number of aryl methyl sites for hydroxylation is 2. The van der Waals surface area contributed by atoms with Gasteiger partial charge in [-0.15, -0.1) is 0 Å². The minimum atomic E-state index is -0.110. The second-order valence-electron chi connectivity index (χ2n) is 9.95. The van der Waals surface area contributed by atoms with Crippen molar-refractivity contribution in [3.63, 3.8) is 0 Å². The van der Waals surface area contributed by atoms with Gasteiger partial charge in [-0.25, -0.2) is 0 Å². The molecule has 34 heavy (non-hydrogen) atoms. The van der Waals surface area contributed by atoms with E-state index in [0.29, 0.717) is 14.3 Å². The quantitative estimate of drug-likeness (QED) is 0.301. The van der Waals surface area contributed by atoms with E-state index in [0.717, 1.165) is 28.8 Å². The average molecular weight is 468 g/mol. The van der Waals surface area contributed by atoms with Gasteiger partial charge in [-0.1, -0.05) is 90.0 Å². The molecule has 174 valence electrons. The van der Waals surface area contributed by atoms with E-state index < -0.39 is 0 Å². The van der Waals surface area contributed by atoms with Gasteiger partial charge in [0.25, 0.3) is 0 Å². The highest BCUT2D eigenvalue weighted by atomic mass is 31.1. The third-order valence-electron chi connectivity index (χ3n) is 6.15. The van der Waals surface area contributed by atoms with E-state index in [2.05, 4.69) is 131 Å². The maximum Gasteiger partial charge on any atom is 0.127 e. The van der Waals surface area contributed by atoms with E-state index in [1.54, 1.807) is 0 Å². The second-order valence-corrected chi connectivity index (χ2v) is 11.2. The third-order valence-corrected chi connectivity index (χ3v) is 7.76. The molecule has 0 aliphatic heterocycles. The first-order chi connectivity index (χ1) is 16.2. The van der Waals surface area contributed by atoms with E-state index >= 15 is 0 Å². The molecular formula is C31H34NOP. The maximum atomic E-state index is 11.2. The predicted molar refractivity (Wildman–Crippen MR) is 149 cm³/mol. The highest BCUT2D eigenvalue weighted by Crippen LogP contribution is 2.34. The molecule has 4 aromatic carbocycles. The molecule has 0 aliphatic carbocycles. The van der Waals surface area contributed by atoms with Gasteiger partial charge in [0.15, 0.2) is 0 Å². The molecule has 2 nitrogen and oxygen atoms in total. The summed E-state index contributed by atoms with van der Waals surface area (Å²) in [4.78, 5) is 2.36. The van der Waals surface area contributed by atoms with Crippen molar-refractivity contribution in [1.82, 2.24) is 0 Å². The van der Waals surface area contributed by atoms with Crippen molar-refractivity contribution in [2.45, 2.75) is 46.6 Å². The van der Waals surface area contributed by atoms with Gasteiger partial charge < -0.3 is 10.0 Å². The Morgan fingerprint density at radius 3 is 1.91 bits per heavy atom. The molecule has 0 fully saturated rings. The van der Waals surface area contributed by atoms with Crippen molar-refractivity contribution in [1.29, 1.82) is 0 Å². The Balaban J connectivity index is 1.77. The molecule has 0 aromatic heterocycles. The van der Waals surface area contributed by atoms with Crippen LogP contribution in [0.5, 0.6) is 5.75 Å². The van der Waals surface area contributed by atoms with Gasteiger partial charge in [-0.2, -0.15) is 0 Å². The number of para-hydroxylation sites is 2. The molecule has 0 amide bonds. The number of nitrogens with zero attached hydrogens (tertiary/aromatic N) is 1. The molecule has 4 rings (SSSR count). The van der Waals surface area contributed by atoms with Gasteiger partial charge in [0.05, 0.1) is 0 Å². The lowest BCUT2D eigenvalue weighted by Gasteiger charge is -2.27. The molecule has 0 bridgehead atoms. The zero-order valence-electron chi connectivity index (χ0n) is 20.8. The number of aromatic hydroxyl groups is 1. The van der Waals surface area contributed by atoms with Crippen molar-refractivity contribution in [3.05, 3.63) is 113 Å². The van der Waals surface area contributed by atoms with Gasteiger partial charge in [-0.3, -0.25) is 0 Å². The zero-order valence-corrected chi connectivity index (χ0v) is 21.8. The molecule has 0 radical (unpaired) electrons. The Labute approximate surface area is 206 Å². The van der Waals surface area contributed by atoms with E-state index in [-0.39, 0.29) is 5.41 Å². The topological polar surface area (TPSA) is 23.5 Å². The van der Waals surface area contributed by atoms with Crippen LogP contribution in [0.3, 0.4) is 0 Å². The largest absolute Gasteiger partial charge is 0.507 e. The lowest BCUT2D eigenvalue weighted by atomic mass is 9.85. The van der Waals surface area contributed by atoms with Gasteiger partial charge in [0.1, 0.15) is 5.75 Å². The summed E-state index contributed by atoms with van der Waals surface area (Å²) in [7, 11) is 0.383. The Morgan fingerprint density at radius 1 is 0.765 bits per heavy atom. The number of rotatable bonds is 6. The summed E-state index contributed by atoms with van der Waals surface area (Å²) in [5, 5.41) is 13.6. The van der Waals surface area contributed by atoms with Gasteiger partial charge in [-0.05, 0) is 71.6 Å². The van der Waals surface area contributed by atoms with Crippen molar-refractivity contribution in [3.8, 4) is 5.75 Å². The van der Waals surface area contributed by atoms with E-state index in [1.807, 2.05) is 0 Å². The minimum absolute atomic E-state index is 0.110. The highest BCUT2D eigenvalue weighted by Gasteiger charge is 2.22. The Morgan fingerprint density at radius 2 is 1.35 bits per heavy atom. The van der Waals surface area contributed by atoms with Crippen LogP contribution in [0.2, 0.25) is 0 Å². The SMILES string of the molecule is Cc1cc(Pc2c(C)cccc2CN(c2ccccc2)c2ccccc2)c(O)c(C(C)(C)C)c1. The van der Waals surface area contributed by atoms with Crippen LogP contribution >= 0.6 is 8.58 Å². The Kier molecular flexibility index (Phi) is 7.10. The smallest absolute Gasteiger partial charge is 0.127 e. The third kappa shape index (κ3) is 5.34. The standard InChI is InChI=1S/C31H34NOP/c1-22-19-27(31(3,4)5)29(33)28(20-22)34-30-23(2)13-12-14-24(30)21-32(25-15-8-6-9-16-25)26-17-10-7-11-18-26/h6-20,33-34H,21H2,1-5H3. The van der Waals surface area contributed by atoms with Crippen LogP contribution in [0.1, 0.15) is 43.0 Å². The fourth-order valence-corrected chi connectivity index (χ4v) is 5.76. The number of anilines is 2. The fourth-order valence-electron chi connectivity index (χ4n) is 4.34. The summed E-state index contributed by atoms with van der Waals surface area (Å²) >= 11 is 0. The van der Waals surface area contributed by atoms with Crippen LogP contribution in [0.25, 0.3) is 0 Å². The van der Waals surface area contributed by atoms with Crippen LogP contribution in [0.15, 0.2) is 91.0 Å². The first kappa shape index (κ1) is 24.0. The summed E-state index contributed by atoms with van der Waals surface area (Å²) in [6, 6.07) is 31.9. The van der Waals surface area contributed by atoms with Crippen LogP contribution in [0, 0.1) is 13.8 Å². The Hall–Kier alpha value is -3.09. The Bertz CT molecular complexity index is 1220. The van der Waals surface area contributed by atoms with E-state index in [4.69, 9.17) is 0 Å². The van der Waals surface area contributed by atoms with Crippen LogP contribution in [-0.4, -0.2) is 5.11 Å². The normalized spacial score (nSPS) is 11.8. The van der Waals surface area contributed by atoms with Gasteiger partial charge in [0.2, 0.25) is 0 Å². The predicted octanol–water partition coefficient (Wildman–Crippen LogP) is 7.27. The van der Waals surface area contributed by atoms with Gasteiger partial charge in [0, 0.05) is 28.8 Å². The molecule has 3 heteroatoms. The zero-order chi connectivity index (χ0) is 24.3. The van der Waals surface area contributed by atoms with Crippen LogP contribution < -0.4 is 15.5 Å². The number of benzene rings is 4. The first-order valence-electron chi connectivity index (χ1n) is 11.8. The molecule has 0 heterocycles. The molecule has 4 aromatic rings. The minimum Gasteiger partial charge on any atom is -0.507 e.